The van der Waals surface area contributed by atoms with Crippen LogP contribution in [0, 0.1) is 0 Å². The van der Waals surface area contributed by atoms with E-state index in [2.05, 4.69) is 15.4 Å². The molecule has 104 valence electrons. The number of nitrogens with one attached hydrogen (secondary N) is 1. The van der Waals surface area contributed by atoms with Gasteiger partial charge in [0.05, 0.1) is 11.7 Å². The highest BCUT2D eigenvalue weighted by molar-refractivity contribution is 7.11. The molecule has 2 rings (SSSR count). The summed E-state index contributed by atoms with van der Waals surface area (Å²) in [5.74, 6) is 0. The molecular weight excluding hydrogens is 277 g/mol. The molecule has 2 aromatic rings. The third-order valence-corrected chi connectivity index (χ3v) is 3.72. The molecular formula is C11H13F3N4S. The highest BCUT2D eigenvalue weighted by Gasteiger charge is 2.35. The van der Waals surface area contributed by atoms with Crippen LogP contribution in [0.5, 0.6) is 0 Å². The fourth-order valence-electron chi connectivity index (χ4n) is 1.77. The number of nitrogens with zero attached hydrogens (tertiary/aromatic N) is 3. The molecule has 0 amide bonds. The molecule has 0 bridgehead atoms. The average molecular weight is 290 g/mol. The van der Waals surface area contributed by atoms with E-state index in [1.165, 1.54) is 6.20 Å². The Labute approximate surface area is 112 Å². The van der Waals surface area contributed by atoms with E-state index in [9.17, 15) is 13.2 Å². The maximum atomic E-state index is 12.6. The monoisotopic (exact) mass is 290 g/mol. The van der Waals surface area contributed by atoms with Gasteiger partial charge >= 0.3 is 6.18 Å². The van der Waals surface area contributed by atoms with E-state index >= 15 is 0 Å². The van der Waals surface area contributed by atoms with Crippen LogP contribution in [-0.4, -0.2) is 21.3 Å². The lowest BCUT2D eigenvalue weighted by atomic mass is 10.2. The summed E-state index contributed by atoms with van der Waals surface area (Å²) in [5.41, 5.74) is 0.805. The summed E-state index contributed by atoms with van der Waals surface area (Å²) >= 11 is 0.655. The highest BCUT2D eigenvalue weighted by Crippen LogP contribution is 2.35. The number of rotatable bonds is 4. The fraction of sp³-hybridized carbons (Fsp3) is 0.455. The summed E-state index contributed by atoms with van der Waals surface area (Å²) in [6, 6.07) is 1.45. The lowest BCUT2D eigenvalue weighted by molar-refractivity contribution is -0.137. The first-order valence-electron chi connectivity index (χ1n) is 5.67. The Morgan fingerprint density at radius 2 is 2.21 bits per heavy atom. The van der Waals surface area contributed by atoms with E-state index in [1.807, 2.05) is 6.92 Å². The van der Waals surface area contributed by atoms with Gasteiger partial charge in [0.15, 0.2) is 5.01 Å². The van der Waals surface area contributed by atoms with Crippen LogP contribution in [-0.2, 0) is 13.2 Å². The molecule has 0 aromatic carbocycles. The van der Waals surface area contributed by atoms with Gasteiger partial charge in [-0.1, -0.05) is 6.92 Å². The number of halogens is 3. The lowest BCUT2D eigenvalue weighted by Crippen LogP contribution is -2.23. The Bertz CT molecular complexity index is 546. The van der Waals surface area contributed by atoms with Crippen molar-refractivity contribution in [2.75, 3.05) is 6.54 Å². The molecule has 0 aliphatic rings. The predicted molar refractivity (Wildman–Crippen MR) is 65.8 cm³/mol. The smallest absolute Gasteiger partial charge is 0.305 e. The molecule has 1 unspecified atom stereocenters. The van der Waals surface area contributed by atoms with Gasteiger partial charge in [0.2, 0.25) is 0 Å². The number of alkyl halides is 3. The van der Waals surface area contributed by atoms with Crippen molar-refractivity contribution in [2.24, 2.45) is 7.05 Å². The molecule has 1 N–H and O–H groups in total. The van der Waals surface area contributed by atoms with Crippen molar-refractivity contribution in [2.45, 2.75) is 19.1 Å². The van der Waals surface area contributed by atoms with Crippen LogP contribution >= 0.6 is 11.3 Å². The SMILES string of the molecule is CCNC(c1cnc(C(F)(F)F)s1)c1ccnn1C. The average Bonchev–Trinajstić information content (AvgIpc) is 2.94. The highest BCUT2D eigenvalue weighted by atomic mass is 32.1. The van der Waals surface area contributed by atoms with Crippen LogP contribution in [0.4, 0.5) is 13.2 Å². The van der Waals surface area contributed by atoms with Gasteiger partial charge in [0.1, 0.15) is 0 Å². The lowest BCUT2D eigenvalue weighted by Gasteiger charge is -2.16. The van der Waals surface area contributed by atoms with Crippen LogP contribution in [0.25, 0.3) is 0 Å². The van der Waals surface area contributed by atoms with Gasteiger partial charge < -0.3 is 5.32 Å². The zero-order valence-corrected chi connectivity index (χ0v) is 11.2. The first-order valence-corrected chi connectivity index (χ1v) is 6.49. The third-order valence-electron chi connectivity index (χ3n) is 2.61. The van der Waals surface area contributed by atoms with E-state index < -0.39 is 11.2 Å². The molecule has 0 aliphatic heterocycles. The first kappa shape index (κ1) is 14.0. The van der Waals surface area contributed by atoms with Gasteiger partial charge in [-0.15, -0.1) is 11.3 Å². The van der Waals surface area contributed by atoms with Crippen LogP contribution in [0.15, 0.2) is 18.5 Å². The van der Waals surface area contributed by atoms with Crippen molar-refractivity contribution in [1.29, 1.82) is 0 Å². The van der Waals surface area contributed by atoms with Gasteiger partial charge in [-0.05, 0) is 12.6 Å². The van der Waals surface area contributed by atoms with Crippen molar-refractivity contribution in [3.63, 3.8) is 0 Å². The van der Waals surface area contributed by atoms with Gasteiger partial charge in [0.25, 0.3) is 0 Å². The predicted octanol–water partition coefficient (Wildman–Crippen LogP) is 2.59. The Kier molecular flexibility index (Phi) is 3.91. The molecule has 0 fully saturated rings. The molecule has 2 heterocycles. The van der Waals surface area contributed by atoms with Crippen molar-refractivity contribution in [3.8, 4) is 0 Å². The molecule has 2 aromatic heterocycles. The Hall–Kier alpha value is -1.41. The Balaban J connectivity index is 2.35. The van der Waals surface area contributed by atoms with Crippen molar-refractivity contribution < 1.29 is 13.2 Å². The zero-order chi connectivity index (χ0) is 14.0. The molecule has 0 aliphatic carbocycles. The van der Waals surface area contributed by atoms with Gasteiger partial charge in [-0.2, -0.15) is 18.3 Å². The number of hydrogen-bond acceptors (Lipinski definition) is 4. The zero-order valence-electron chi connectivity index (χ0n) is 10.4. The summed E-state index contributed by atoms with van der Waals surface area (Å²) in [7, 11) is 1.76. The van der Waals surface area contributed by atoms with Crippen molar-refractivity contribution >= 4 is 11.3 Å². The van der Waals surface area contributed by atoms with Crippen LogP contribution in [0.1, 0.15) is 28.5 Å². The second kappa shape index (κ2) is 5.30. The standard InChI is InChI=1S/C11H13F3N4S/c1-3-15-9(7-4-5-17-18(7)2)8-6-16-10(19-8)11(12,13)14/h4-6,9,15H,3H2,1-2H3. The third kappa shape index (κ3) is 2.95. The summed E-state index contributed by atoms with van der Waals surface area (Å²) in [6.07, 6.45) is -1.51. The molecule has 0 saturated carbocycles. The maximum absolute atomic E-state index is 12.6. The second-order valence-corrected chi connectivity index (χ2v) is 5.00. The molecule has 0 spiro atoms. The van der Waals surface area contributed by atoms with Gasteiger partial charge in [-0.3, -0.25) is 4.68 Å². The van der Waals surface area contributed by atoms with Crippen LogP contribution in [0.2, 0.25) is 0 Å². The largest absolute Gasteiger partial charge is 0.443 e. The minimum Gasteiger partial charge on any atom is -0.305 e. The van der Waals surface area contributed by atoms with E-state index in [0.717, 1.165) is 5.69 Å². The van der Waals surface area contributed by atoms with Gasteiger partial charge in [0, 0.05) is 24.3 Å². The first-order chi connectivity index (χ1) is 8.93. The van der Waals surface area contributed by atoms with E-state index in [1.54, 1.807) is 24.0 Å². The molecule has 8 heteroatoms. The normalized spacial score (nSPS) is 13.7. The molecule has 0 saturated heterocycles. The number of thiazole rings is 1. The van der Waals surface area contributed by atoms with Gasteiger partial charge in [-0.25, -0.2) is 4.98 Å². The van der Waals surface area contributed by atoms with E-state index in [0.29, 0.717) is 22.8 Å². The summed E-state index contributed by atoms with van der Waals surface area (Å²) in [6.45, 7) is 2.53. The topological polar surface area (TPSA) is 42.7 Å². The minimum absolute atomic E-state index is 0.328. The summed E-state index contributed by atoms with van der Waals surface area (Å²) < 4.78 is 39.4. The Morgan fingerprint density at radius 3 is 2.68 bits per heavy atom. The summed E-state index contributed by atoms with van der Waals surface area (Å²) in [4.78, 5) is 3.98. The number of aromatic nitrogens is 3. The maximum Gasteiger partial charge on any atom is 0.443 e. The number of hydrogen-bond donors (Lipinski definition) is 1. The van der Waals surface area contributed by atoms with Crippen LogP contribution in [0.3, 0.4) is 0 Å². The fourth-order valence-corrected chi connectivity index (χ4v) is 2.65. The van der Waals surface area contributed by atoms with E-state index in [4.69, 9.17) is 0 Å². The number of aryl methyl sites for hydroxylation is 1. The summed E-state index contributed by atoms with van der Waals surface area (Å²) in [5, 5.41) is 6.36. The molecule has 19 heavy (non-hydrogen) atoms. The van der Waals surface area contributed by atoms with Crippen LogP contribution < -0.4 is 5.32 Å². The van der Waals surface area contributed by atoms with Crippen molar-refractivity contribution in [1.82, 2.24) is 20.1 Å². The molecule has 1 atom stereocenters. The Morgan fingerprint density at radius 1 is 1.47 bits per heavy atom. The van der Waals surface area contributed by atoms with Crippen molar-refractivity contribution in [3.05, 3.63) is 34.0 Å². The van der Waals surface area contributed by atoms with E-state index in [-0.39, 0.29) is 6.04 Å². The molecule has 0 radical (unpaired) electrons. The quantitative estimate of drug-likeness (QED) is 0.941. The second-order valence-electron chi connectivity index (χ2n) is 3.94. The minimum atomic E-state index is -4.40. The molecule has 4 nitrogen and oxygen atoms in total.